The first-order chi connectivity index (χ1) is 7.66. The Morgan fingerprint density at radius 2 is 1.88 bits per heavy atom. The van der Waals surface area contributed by atoms with Gasteiger partial charge in [0.15, 0.2) is 0 Å². The van der Waals surface area contributed by atoms with Gasteiger partial charge < -0.3 is 5.11 Å². The first-order valence-corrected chi connectivity index (χ1v) is 5.45. The van der Waals surface area contributed by atoms with Crippen LogP contribution in [0.25, 0.3) is 10.8 Å². The van der Waals surface area contributed by atoms with Crippen molar-refractivity contribution in [1.29, 1.82) is 0 Å². The molecular weight excluding hydrogens is 224 g/mol. The van der Waals surface area contributed by atoms with Crippen LogP contribution >= 0.6 is 11.6 Å². The van der Waals surface area contributed by atoms with Crippen LogP contribution in [0, 0.1) is 0 Å². The van der Waals surface area contributed by atoms with Gasteiger partial charge in [-0.05, 0) is 22.4 Å². The maximum atomic E-state index is 10.6. The molecule has 82 valence electrons. The van der Waals surface area contributed by atoms with Gasteiger partial charge in [-0.25, -0.2) is 0 Å². The number of alkyl halides is 1. The number of aliphatic carboxylic acids is 1. The summed E-state index contributed by atoms with van der Waals surface area (Å²) in [5, 5.41) is 10.4. The van der Waals surface area contributed by atoms with E-state index in [0.29, 0.717) is 0 Å². The summed E-state index contributed by atoms with van der Waals surface area (Å²) in [4.78, 5) is 10.6. The predicted octanol–water partition coefficient (Wildman–Crippen LogP) is 3.59. The number of hydrogen-bond acceptors (Lipinski definition) is 1. The van der Waals surface area contributed by atoms with Crippen molar-refractivity contribution in [3.63, 3.8) is 0 Å². The quantitative estimate of drug-likeness (QED) is 0.824. The van der Waals surface area contributed by atoms with E-state index in [1.807, 2.05) is 42.5 Å². The third-order valence-corrected chi connectivity index (χ3v) is 2.90. The first kappa shape index (κ1) is 11.0. The van der Waals surface area contributed by atoms with Gasteiger partial charge >= 0.3 is 5.97 Å². The molecular formula is C13H11ClO2. The highest BCUT2D eigenvalue weighted by molar-refractivity contribution is 6.21. The molecule has 0 heterocycles. The first-order valence-electron chi connectivity index (χ1n) is 5.01. The number of fused-ring (bicyclic) bond motifs is 1. The van der Waals surface area contributed by atoms with Crippen molar-refractivity contribution in [2.75, 3.05) is 0 Å². The average Bonchev–Trinajstić information content (AvgIpc) is 2.27. The van der Waals surface area contributed by atoms with Crippen LogP contribution in [0.3, 0.4) is 0 Å². The van der Waals surface area contributed by atoms with Crippen LogP contribution in [0.15, 0.2) is 42.5 Å². The molecule has 2 rings (SSSR count). The molecule has 0 fully saturated rings. The molecule has 0 saturated heterocycles. The predicted molar refractivity (Wildman–Crippen MR) is 64.8 cm³/mol. The number of benzene rings is 2. The summed E-state index contributed by atoms with van der Waals surface area (Å²) < 4.78 is 0. The minimum absolute atomic E-state index is 0.0557. The van der Waals surface area contributed by atoms with Crippen LogP contribution in [0.2, 0.25) is 0 Å². The van der Waals surface area contributed by atoms with E-state index in [-0.39, 0.29) is 6.42 Å². The summed E-state index contributed by atoms with van der Waals surface area (Å²) >= 11 is 6.02. The third kappa shape index (κ3) is 2.34. The highest BCUT2D eigenvalue weighted by Gasteiger charge is 2.12. The normalized spacial score (nSPS) is 12.6. The fourth-order valence-electron chi connectivity index (χ4n) is 1.67. The highest BCUT2D eigenvalue weighted by Crippen LogP contribution is 2.27. The maximum absolute atomic E-state index is 10.6. The standard InChI is InChI=1S/C13H11ClO2/c14-12(8-13(15)16)11-6-5-9-3-1-2-4-10(9)7-11/h1-7,12H,8H2,(H,15,16). The van der Waals surface area contributed by atoms with E-state index in [2.05, 4.69) is 0 Å². The summed E-state index contributed by atoms with van der Waals surface area (Å²) in [5.74, 6) is -0.881. The summed E-state index contributed by atoms with van der Waals surface area (Å²) in [6.45, 7) is 0. The van der Waals surface area contributed by atoms with Gasteiger partial charge in [0.2, 0.25) is 0 Å². The molecule has 0 spiro atoms. The van der Waals surface area contributed by atoms with E-state index >= 15 is 0 Å². The minimum atomic E-state index is -0.881. The molecule has 2 aromatic rings. The van der Waals surface area contributed by atoms with Gasteiger partial charge in [-0.2, -0.15) is 0 Å². The summed E-state index contributed by atoms with van der Waals surface area (Å²) in [5.41, 5.74) is 0.850. The fourth-order valence-corrected chi connectivity index (χ4v) is 1.94. The van der Waals surface area contributed by atoms with Crippen LogP contribution in [-0.4, -0.2) is 11.1 Å². The summed E-state index contributed by atoms with van der Waals surface area (Å²) in [6.07, 6.45) is -0.0557. The minimum Gasteiger partial charge on any atom is -0.481 e. The van der Waals surface area contributed by atoms with Crippen LogP contribution in [0.4, 0.5) is 0 Å². The molecule has 1 N–H and O–H groups in total. The number of halogens is 1. The van der Waals surface area contributed by atoms with E-state index < -0.39 is 11.3 Å². The second-order valence-corrected chi connectivity index (χ2v) is 4.20. The van der Waals surface area contributed by atoms with Crippen LogP contribution < -0.4 is 0 Å². The topological polar surface area (TPSA) is 37.3 Å². The van der Waals surface area contributed by atoms with Crippen molar-refractivity contribution in [2.45, 2.75) is 11.8 Å². The molecule has 0 radical (unpaired) electrons. The SMILES string of the molecule is O=C(O)CC(Cl)c1ccc2ccccc2c1. The second kappa shape index (κ2) is 4.54. The Morgan fingerprint density at radius 3 is 2.56 bits per heavy atom. The van der Waals surface area contributed by atoms with Crippen molar-refractivity contribution in [1.82, 2.24) is 0 Å². The van der Waals surface area contributed by atoms with E-state index in [1.165, 1.54) is 0 Å². The molecule has 0 aliphatic rings. The van der Waals surface area contributed by atoms with Gasteiger partial charge in [0, 0.05) is 0 Å². The Bertz CT molecular complexity index is 522. The Kier molecular flexibility index (Phi) is 3.11. The van der Waals surface area contributed by atoms with Gasteiger partial charge in [0.25, 0.3) is 0 Å². The van der Waals surface area contributed by atoms with Crippen molar-refractivity contribution >= 4 is 28.3 Å². The van der Waals surface area contributed by atoms with Gasteiger partial charge in [-0.1, -0.05) is 36.4 Å². The van der Waals surface area contributed by atoms with Gasteiger partial charge in [-0.3, -0.25) is 4.79 Å². The molecule has 3 heteroatoms. The lowest BCUT2D eigenvalue weighted by Gasteiger charge is -2.08. The average molecular weight is 235 g/mol. The molecule has 0 aliphatic heterocycles. The lowest BCUT2D eigenvalue weighted by atomic mass is 10.0. The van der Waals surface area contributed by atoms with Gasteiger partial charge in [-0.15, -0.1) is 11.6 Å². The largest absolute Gasteiger partial charge is 0.481 e. The second-order valence-electron chi connectivity index (χ2n) is 3.67. The lowest BCUT2D eigenvalue weighted by molar-refractivity contribution is -0.137. The van der Waals surface area contributed by atoms with Crippen molar-refractivity contribution in [2.24, 2.45) is 0 Å². The lowest BCUT2D eigenvalue weighted by Crippen LogP contribution is -2.00. The summed E-state index contributed by atoms with van der Waals surface area (Å²) in [6, 6.07) is 13.7. The number of rotatable bonds is 3. The molecule has 2 aromatic carbocycles. The Labute approximate surface area is 98.5 Å². The van der Waals surface area contributed by atoms with Crippen LogP contribution in [0.1, 0.15) is 17.4 Å². The maximum Gasteiger partial charge on any atom is 0.305 e. The van der Waals surface area contributed by atoms with Gasteiger partial charge in [0.1, 0.15) is 0 Å². The zero-order valence-electron chi connectivity index (χ0n) is 8.56. The van der Waals surface area contributed by atoms with E-state index in [4.69, 9.17) is 16.7 Å². The monoisotopic (exact) mass is 234 g/mol. The van der Waals surface area contributed by atoms with Crippen molar-refractivity contribution in [3.05, 3.63) is 48.0 Å². The van der Waals surface area contributed by atoms with Crippen molar-refractivity contribution in [3.8, 4) is 0 Å². The van der Waals surface area contributed by atoms with E-state index in [9.17, 15) is 4.79 Å². The molecule has 0 bridgehead atoms. The Hall–Kier alpha value is -1.54. The Morgan fingerprint density at radius 1 is 1.19 bits per heavy atom. The molecule has 0 aliphatic carbocycles. The van der Waals surface area contributed by atoms with Crippen LogP contribution in [0.5, 0.6) is 0 Å². The molecule has 2 nitrogen and oxygen atoms in total. The Balaban J connectivity index is 2.35. The smallest absolute Gasteiger partial charge is 0.305 e. The zero-order valence-corrected chi connectivity index (χ0v) is 9.32. The van der Waals surface area contributed by atoms with Crippen LogP contribution in [-0.2, 0) is 4.79 Å². The zero-order chi connectivity index (χ0) is 11.5. The molecule has 16 heavy (non-hydrogen) atoms. The van der Waals surface area contributed by atoms with E-state index in [1.54, 1.807) is 0 Å². The number of carboxylic acid groups (broad SMARTS) is 1. The molecule has 1 atom stereocenters. The van der Waals surface area contributed by atoms with Crippen molar-refractivity contribution < 1.29 is 9.90 Å². The van der Waals surface area contributed by atoms with Gasteiger partial charge in [0.05, 0.1) is 11.8 Å². The fraction of sp³-hybridized carbons (Fsp3) is 0.154. The molecule has 1 unspecified atom stereocenters. The number of carboxylic acids is 1. The number of hydrogen-bond donors (Lipinski definition) is 1. The summed E-state index contributed by atoms with van der Waals surface area (Å²) in [7, 11) is 0. The molecule has 0 amide bonds. The molecule has 0 aromatic heterocycles. The van der Waals surface area contributed by atoms with E-state index in [0.717, 1.165) is 16.3 Å². The number of carbonyl (C=O) groups is 1. The molecule has 0 saturated carbocycles. The highest BCUT2D eigenvalue weighted by atomic mass is 35.5. The third-order valence-electron chi connectivity index (χ3n) is 2.49.